The van der Waals surface area contributed by atoms with Gasteiger partial charge in [0.05, 0.1) is 11.4 Å². The Hall–Kier alpha value is -1.36. The normalized spacial score (nSPS) is 11.2. The van der Waals surface area contributed by atoms with Crippen molar-refractivity contribution >= 4 is 24.0 Å². The van der Waals surface area contributed by atoms with Crippen molar-refractivity contribution in [1.82, 2.24) is 5.43 Å². The van der Waals surface area contributed by atoms with E-state index in [4.69, 9.17) is 5.53 Å². The van der Waals surface area contributed by atoms with Gasteiger partial charge in [0.25, 0.3) is 0 Å². The van der Waals surface area contributed by atoms with E-state index >= 15 is 0 Å². The summed E-state index contributed by atoms with van der Waals surface area (Å²) in [5.41, 5.74) is 12.0. The van der Waals surface area contributed by atoms with E-state index in [1.807, 2.05) is 13.0 Å². The molecule has 0 aliphatic carbocycles. The van der Waals surface area contributed by atoms with Crippen LogP contribution >= 0.6 is 12.6 Å². The number of hydrazone groups is 1. The third kappa shape index (κ3) is 2.32. The van der Waals surface area contributed by atoms with Gasteiger partial charge < -0.3 is 5.43 Å². The average molecular weight is 208 g/mol. The van der Waals surface area contributed by atoms with Crippen molar-refractivity contribution in [2.45, 2.75) is 11.8 Å². The molecule has 1 rings (SSSR count). The second kappa shape index (κ2) is 4.76. The van der Waals surface area contributed by atoms with Crippen molar-refractivity contribution in [3.8, 4) is 0 Å². The number of hydrogen-bond donors (Lipinski definition) is 3. The lowest BCUT2D eigenvalue weighted by molar-refractivity contribution is 0.899. The number of benzene rings is 1. The smallest absolute Gasteiger partial charge is 0.0989 e. The second-order valence-electron chi connectivity index (χ2n) is 2.74. The molecule has 0 radical (unpaired) electrons. The number of hydrogen-bond acceptors (Lipinski definition) is 5. The SMILES string of the molecule is CN/N=C(\C)c1ccc(S)c(N=N)c1. The van der Waals surface area contributed by atoms with Crippen LogP contribution in [0.5, 0.6) is 0 Å². The molecular weight excluding hydrogens is 196 g/mol. The standard InChI is InChI=1S/C9H12N4S/c1-6(13-11-2)7-3-4-9(14)8(5-7)12-10/h3-5,10-11,14H,1-2H3/b12-10?,13-6+. The molecule has 0 fully saturated rings. The Morgan fingerprint density at radius 1 is 1.50 bits per heavy atom. The van der Waals surface area contributed by atoms with Gasteiger partial charge in [-0.25, -0.2) is 5.53 Å². The van der Waals surface area contributed by atoms with Crippen LogP contribution in [0, 0.1) is 5.53 Å². The van der Waals surface area contributed by atoms with Gasteiger partial charge in [-0.3, -0.25) is 0 Å². The minimum absolute atomic E-state index is 0.552. The molecule has 0 saturated heterocycles. The summed E-state index contributed by atoms with van der Waals surface area (Å²) in [6.07, 6.45) is 0. The van der Waals surface area contributed by atoms with E-state index in [0.717, 1.165) is 11.3 Å². The van der Waals surface area contributed by atoms with Crippen LogP contribution in [0.2, 0.25) is 0 Å². The first-order valence-corrected chi connectivity index (χ1v) is 4.55. The summed E-state index contributed by atoms with van der Waals surface area (Å²) in [6, 6.07) is 5.49. The van der Waals surface area contributed by atoms with Gasteiger partial charge >= 0.3 is 0 Å². The van der Waals surface area contributed by atoms with Crippen molar-refractivity contribution < 1.29 is 0 Å². The van der Waals surface area contributed by atoms with E-state index in [2.05, 4.69) is 28.3 Å². The molecule has 5 heteroatoms. The van der Waals surface area contributed by atoms with Crippen molar-refractivity contribution in [1.29, 1.82) is 5.53 Å². The molecule has 0 unspecified atom stereocenters. The van der Waals surface area contributed by atoms with Crippen LogP contribution < -0.4 is 5.43 Å². The first-order valence-electron chi connectivity index (χ1n) is 4.11. The van der Waals surface area contributed by atoms with Crippen LogP contribution in [0.15, 0.2) is 33.3 Å². The number of nitrogens with one attached hydrogen (secondary N) is 2. The van der Waals surface area contributed by atoms with Crippen LogP contribution in [0.1, 0.15) is 12.5 Å². The van der Waals surface area contributed by atoms with Crippen molar-refractivity contribution in [3.05, 3.63) is 23.8 Å². The van der Waals surface area contributed by atoms with Gasteiger partial charge in [-0.15, -0.1) is 12.6 Å². The summed E-state index contributed by atoms with van der Waals surface area (Å²) in [5.74, 6) is 0. The van der Waals surface area contributed by atoms with Crippen LogP contribution in [0.4, 0.5) is 5.69 Å². The molecular formula is C9H12N4S. The topological polar surface area (TPSA) is 60.6 Å². The summed E-state index contributed by atoms with van der Waals surface area (Å²) in [7, 11) is 1.74. The molecule has 0 saturated carbocycles. The van der Waals surface area contributed by atoms with Crippen LogP contribution in [0.25, 0.3) is 0 Å². The molecule has 0 atom stereocenters. The maximum absolute atomic E-state index is 6.94. The molecule has 0 aliphatic rings. The molecule has 14 heavy (non-hydrogen) atoms. The molecule has 0 aliphatic heterocycles. The van der Waals surface area contributed by atoms with Gasteiger partial charge in [-0.2, -0.15) is 10.2 Å². The van der Waals surface area contributed by atoms with Gasteiger partial charge in [0.15, 0.2) is 0 Å². The molecule has 1 aromatic rings. The minimum Gasteiger partial charge on any atom is -0.313 e. The average Bonchev–Trinajstić information content (AvgIpc) is 2.19. The van der Waals surface area contributed by atoms with Gasteiger partial charge in [-0.05, 0) is 24.6 Å². The molecule has 0 aromatic heterocycles. The van der Waals surface area contributed by atoms with E-state index in [1.54, 1.807) is 19.2 Å². The zero-order valence-electron chi connectivity index (χ0n) is 8.07. The minimum atomic E-state index is 0.552. The largest absolute Gasteiger partial charge is 0.313 e. The Morgan fingerprint density at radius 2 is 2.21 bits per heavy atom. The van der Waals surface area contributed by atoms with E-state index in [-0.39, 0.29) is 0 Å². The lowest BCUT2D eigenvalue weighted by Crippen LogP contribution is -2.02. The summed E-state index contributed by atoms with van der Waals surface area (Å²) < 4.78 is 0. The Labute approximate surface area is 88.3 Å². The fraction of sp³-hybridized carbons (Fsp3) is 0.222. The van der Waals surface area contributed by atoms with Gasteiger partial charge in [-0.1, -0.05) is 6.07 Å². The van der Waals surface area contributed by atoms with Crippen molar-refractivity contribution in [2.75, 3.05) is 7.05 Å². The summed E-state index contributed by atoms with van der Waals surface area (Å²) >= 11 is 4.18. The third-order valence-corrected chi connectivity index (χ3v) is 2.17. The van der Waals surface area contributed by atoms with E-state index in [0.29, 0.717) is 10.6 Å². The Morgan fingerprint density at radius 3 is 2.79 bits per heavy atom. The number of thiol groups is 1. The van der Waals surface area contributed by atoms with Crippen LogP contribution in [-0.2, 0) is 0 Å². The number of nitrogens with zero attached hydrogens (tertiary/aromatic N) is 2. The predicted octanol–water partition coefficient (Wildman–Crippen LogP) is 2.58. The molecule has 74 valence electrons. The highest BCUT2D eigenvalue weighted by molar-refractivity contribution is 7.80. The Balaban J connectivity index is 3.12. The first kappa shape index (κ1) is 10.7. The highest BCUT2D eigenvalue weighted by atomic mass is 32.1. The third-order valence-electron chi connectivity index (χ3n) is 1.79. The molecule has 2 N–H and O–H groups in total. The summed E-state index contributed by atoms with van der Waals surface area (Å²) in [5, 5.41) is 7.41. The highest BCUT2D eigenvalue weighted by Gasteiger charge is 2.02. The molecule has 0 bridgehead atoms. The molecule has 0 amide bonds. The lowest BCUT2D eigenvalue weighted by Gasteiger charge is -2.03. The molecule has 0 spiro atoms. The fourth-order valence-electron chi connectivity index (χ4n) is 1.07. The van der Waals surface area contributed by atoms with Gasteiger partial charge in [0.1, 0.15) is 0 Å². The molecule has 0 heterocycles. The monoisotopic (exact) mass is 208 g/mol. The van der Waals surface area contributed by atoms with Crippen molar-refractivity contribution in [2.24, 2.45) is 10.2 Å². The van der Waals surface area contributed by atoms with Crippen LogP contribution in [-0.4, -0.2) is 12.8 Å². The number of rotatable bonds is 3. The maximum Gasteiger partial charge on any atom is 0.0989 e. The predicted molar refractivity (Wildman–Crippen MR) is 59.8 cm³/mol. The lowest BCUT2D eigenvalue weighted by atomic mass is 10.1. The second-order valence-corrected chi connectivity index (χ2v) is 3.22. The summed E-state index contributed by atoms with van der Waals surface area (Å²) in [6.45, 7) is 1.89. The summed E-state index contributed by atoms with van der Waals surface area (Å²) in [4.78, 5) is 0.695. The van der Waals surface area contributed by atoms with E-state index in [9.17, 15) is 0 Å². The van der Waals surface area contributed by atoms with Crippen molar-refractivity contribution in [3.63, 3.8) is 0 Å². The maximum atomic E-state index is 6.94. The fourth-order valence-corrected chi connectivity index (χ4v) is 1.26. The quantitative estimate of drug-likeness (QED) is 0.304. The van der Waals surface area contributed by atoms with E-state index in [1.165, 1.54) is 0 Å². The van der Waals surface area contributed by atoms with E-state index < -0.39 is 0 Å². The highest BCUT2D eigenvalue weighted by Crippen LogP contribution is 2.24. The molecule has 1 aromatic carbocycles. The zero-order valence-corrected chi connectivity index (χ0v) is 8.97. The first-order chi connectivity index (χ1) is 6.69. The van der Waals surface area contributed by atoms with Crippen LogP contribution in [0.3, 0.4) is 0 Å². The van der Waals surface area contributed by atoms with Gasteiger partial charge in [0, 0.05) is 11.9 Å². The Kier molecular flexibility index (Phi) is 3.64. The van der Waals surface area contributed by atoms with Gasteiger partial charge in [0.2, 0.25) is 0 Å². The zero-order chi connectivity index (χ0) is 10.6. The Bertz CT molecular complexity index is 373. The molecule has 4 nitrogen and oxygen atoms in total.